The highest BCUT2D eigenvalue weighted by Crippen LogP contribution is 2.27. The molecule has 19 heavy (non-hydrogen) atoms. The van der Waals surface area contributed by atoms with Crippen LogP contribution in [-0.4, -0.2) is 20.6 Å². The monoisotopic (exact) mass is 297 g/mol. The molecule has 2 N–H and O–H groups in total. The highest BCUT2D eigenvalue weighted by atomic mass is 35.5. The quantitative estimate of drug-likeness (QED) is 0.853. The first-order chi connectivity index (χ1) is 8.99. The maximum Gasteiger partial charge on any atom is 0.269 e. The highest BCUT2D eigenvalue weighted by molar-refractivity contribution is 7.08. The summed E-state index contributed by atoms with van der Waals surface area (Å²) in [5.41, 5.74) is 1.18. The topological polar surface area (TPSA) is 75.1 Å². The van der Waals surface area contributed by atoms with Crippen LogP contribution < -0.4 is 5.32 Å². The Hall–Kier alpha value is -1.66. The number of nitrogens with one attached hydrogen (secondary N) is 1. The maximum absolute atomic E-state index is 12.1. The van der Waals surface area contributed by atoms with Gasteiger partial charge in [-0.3, -0.25) is 4.79 Å². The zero-order valence-electron chi connectivity index (χ0n) is 10.3. The van der Waals surface area contributed by atoms with Crippen LogP contribution in [0.25, 0.3) is 0 Å². The van der Waals surface area contributed by atoms with E-state index in [4.69, 9.17) is 11.6 Å². The molecule has 0 radical (unpaired) electrons. The van der Waals surface area contributed by atoms with E-state index in [1.54, 1.807) is 6.07 Å². The Morgan fingerprint density at radius 2 is 2.21 bits per heavy atom. The Morgan fingerprint density at radius 1 is 1.47 bits per heavy atom. The number of phenols is 1. The zero-order valence-corrected chi connectivity index (χ0v) is 11.9. The van der Waals surface area contributed by atoms with Gasteiger partial charge in [0.15, 0.2) is 0 Å². The first-order valence-electron chi connectivity index (χ1n) is 5.61. The van der Waals surface area contributed by atoms with Crippen molar-refractivity contribution in [3.05, 3.63) is 33.8 Å². The van der Waals surface area contributed by atoms with Crippen LogP contribution in [0.15, 0.2) is 18.2 Å². The van der Waals surface area contributed by atoms with Gasteiger partial charge in [0.25, 0.3) is 5.91 Å². The number of carbonyl (C=O) groups is 1. The molecule has 0 aliphatic heterocycles. The number of aromatic nitrogens is 2. The zero-order chi connectivity index (χ0) is 14.0. The van der Waals surface area contributed by atoms with Crippen molar-refractivity contribution < 1.29 is 9.90 Å². The van der Waals surface area contributed by atoms with Gasteiger partial charge in [-0.25, -0.2) is 0 Å². The summed E-state index contributed by atoms with van der Waals surface area (Å²) in [6, 6.07) is 4.48. The van der Waals surface area contributed by atoms with E-state index in [2.05, 4.69) is 14.9 Å². The molecular weight excluding hydrogens is 286 g/mol. The van der Waals surface area contributed by atoms with Crippen LogP contribution in [0.1, 0.15) is 35.1 Å². The third kappa shape index (κ3) is 3.02. The fraction of sp³-hybridized carbons (Fsp3) is 0.250. The predicted octanol–water partition coefficient (Wildman–Crippen LogP) is 3.27. The lowest BCUT2D eigenvalue weighted by Crippen LogP contribution is -2.13. The van der Waals surface area contributed by atoms with Crippen LogP contribution >= 0.6 is 23.1 Å². The van der Waals surface area contributed by atoms with Crippen LogP contribution in [0.3, 0.4) is 0 Å². The van der Waals surface area contributed by atoms with Crippen molar-refractivity contribution in [3.8, 4) is 5.75 Å². The lowest BCUT2D eigenvalue weighted by atomic mass is 10.1. The van der Waals surface area contributed by atoms with Gasteiger partial charge in [-0.15, -0.1) is 5.10 Å². The van der Waals surface area contributed by atoms with Gasteiger partial charge >= 0.3 is 0 Å². The van der Waals surface area contributed by atoms with E-state index in [1.807, 2.05) is 13.8 Å². The van der Waals surface area contributed by atoms with E-state index in [9.17, 15) is 9.90 Å². The number of hydrogen-bond donors (Lipinski definition) is 2. The van der Waals surface area contributed by atoms with E-state index in [0.29, 0.717) is 16.3 Å². The second-order valence-corrected chi connectivity index (χ2v) is 5.42. The van der Waals surface area contributed by atoms with Crippen molar-refractivity contribution in [2.75, 3.05) is 5.32 Å². The van der Waals surface area contributed by atoms with Gasteiger partial charge < -0.3 is 10.4 Å². The average molecular weight is 298 g/mol. The van der Waals surface area contributed by atoms with E-state index in [1.165, 1.54) is 12.1 Å². The van der Waals surface area contributed by atoms with Gasteiger partial charge in [0.05, 0.1) is 10.7 Å². The van der Waals surface area contributed by atoms with Crippen LogP contribution in [0.4, 0.5) is 5.69 Å². The van der Waals surface area contributed by atoms with Gasteiger partial charge in [0, 0.05) is 5.69 Å². The van der Waals surface area contributed by atoms with E-state index in [0.717, 1.165) is 11.5 Å². The molecule has 7 heteroatoms. The summed E-state index contributed by atoms with van der Waals surface area (Å²) < 4.78 is 3.80. The molecule has 100 valence electrons. The Labute approximate surface area is 119 Å². The molecule has 0 aliphatic rings. The fourth-order valence-corrected chi connectivity index (χ4v) is 2.40. The van der Waals surface area contributed by atoms with Gasteiger partial charge in [-0.05, 0) is 35.6 Å². The third-order valence-electron chi connectivity index (χ3n) is 2.47. The lowest BCUT2D eigenvalue weighted by Gasteiger charge is -2.07. The Morgan fingerprint density at radius 3 is 2.84 bits per heavy atom. The number of aromatic hydroxyl groups is 1. The van der Waals surface area contributed by atoms with Crippen molar-refractivity contribution in [1.29, 1.82) is 0 Å². The van der Waals surface area contributed by atoms with Crippen LogP contribution in [0.5, 0.6) is 5.75 Å². The molecule has 0 aliphatic carbocycles. The van der Waals surface area contributed by atoms with Gasteiger partial charge in [0.2, 0.25) is 0 Å². The van der Waals surface area contributed by atoms with Gasteiger partial charge in [-0.1, -0.05) is 29.9 Å². The number of benzene rings is 1. The summed E-state index contributed by atoms with van der Waals surface area (Å²) in [5.74, 6) is -0.176. The molecule has 0 fully saturated rings. The number of phenolic OH excluding ortho intramolecular Hbond substituents is 1. The van der Waals surface area contributed by atoms with Crippen molar-refractivity contribution in [2.24, 2.45) is 0 Å². The number of halogens is 1. The van der Waals surface area contributed by atoms with Crippen LogP contribution in [-0.2, 0) is 0 Å². The fourth-order valence-electron chi connectivity index (χ4n) is 1.51. The minimum atomic E-state index is -0.277. The van der Waals surface area contributed by atoms with Gasteiger partial charge in [0.1, 0.15) is 10.6 Å². The predicted molar refractivity (Wildman–Crippen MR) is 75.1 cm³/mol. The molecule has 5 nitrogen and oxygen atoms in total. The molecule has 2 rings (SSSR count). The van der Waals surface area contributed by atoms with Crippen molar-refractivity contribution in [1.82, 2.24) is 9.59 Å². The normalized spacial score (nSPS) is 10.7. The molecule has 1 amide bonds. The van der Waals surface area contributed by atoms with Crippen molar-refractivity contribution in [2.45, 2.75) is 19.8 Å². The number of carbonyl (C=O) groups excluding carboxylic acids is 1. The smallest absolute Gasteiger partial charge is 0.269 e. The molecule has 2 aromatic rings. The average Bonchev–Trinajstić information content (AvgIpc) is 2.83. The third-order valence-corrected chi connectivity index (χ3v) is 3.52. The number of anilines is 1. The molecule has 0 spiro atoms. The summed E-state index contributed by atoms with van der Waals surface area (Å²) in [6.45, 7) is 3.90. The summed E-state index contributed by atoms with van der Waals surface area (Å²) in [5, 5.41) is 16.2. The van der Waals surface area contributed by atoms with E-state index in [-0.39, 0.29) is 22.6 Å². The number of hydrogen-bond acceptors (Lipinski definition) is 5. The molecule has 0 unspecified atom stereocenters. The molecular formula is C12H12ClN3O2S. The lowest BCUT2D eigenvalue weighted by molar-refractivity contribution is 0.102. The summed E-state index contributed by atoms with van der Waals surface area (Å²) in [4.78, 5) is 12.6. The SMILES string of the molecule is CC(C)c1nnsc1C(=O)Nc1ccc(O)c(Cl)c1. The van der Waals surface area contributed by atoms with Crippen molar-refractivity contribution >= 4 is 34.7 Å². The van der Waals surface area contributed by atoms with E-state index >= 15 is 0 Å². The minimum absolute atomic E-state index is 0.0259. The highest BCUT2D eigenvalue weighted by Gasteiger charge is 2.18. The van der Waals surface area contributed by atoms with Crippen LogP contribution in [0, 0.1) is 0 Å². The number of amides is 1. The standard InChI is InChI=1S/C12H12ClN3O2S/c1-6(2)10-11(19-16-15-10)12(18)14-7-3-4-9(17)8(13)5-7/h3-6,17H,1-2H3,(H,14,18). The minimum Gasteiger partial charge on any atom is -0.506 e. The molecule has 0 saturated carbocycles. The molecule has 1 aromatic carbocycles. The van der Waals surface area contributed by atoms with E-state index < -0.39 is 0 Å². The molecule has 0 saturated heterocycles. The van der Waals surface area contributed by atoms with Gasteiger partial charge in [-0.2, -0.15) is 0 Å². The molecule has 1 aromatic heterocycles. The Kier molecular flexibility index (Phi) is 4.01. The largest absolute Gasteiger partial charge is 0.506 e. The second kappa shape index (κ2) is 5.54. The molecule has 1 heterocycles. The number of nitrogens with zero attached hydrogens (tertiary/aromatic N) is 2. The summed E-state index contributed by atoms with van der Waals surface area (Å²) in [6.07, 6.45) is 0. The van der Waals surface area contributed by atoms with Crippen LogP contribution in [0.2, 0.25) is 5.02 Å². The number of rotatable bonds is 3. The summed E-state index contributed by atoms with van der Waals surface area (Å²) in [7, 11) is 0. The molecule has 0 bridgehead atoms. The first-order valence-corrected chi connectivity index (χ1v) is 6.76. The molecule has 0 atom stereocenters. The van der Waals surface area contributed by atoms with Crippen molar-refractivity contribution in [3.63, 3.8) is 0 Å². The Balaban J connectivity index is 2.21. The maximum atomic E-state index is 12.1. The second-order valence-electron chi connectivity index (χ2n) is 4.26. The first kappa shape index (κ1) is 13.8. The summed E-state index contributed by atoms with van der Waals surface area (Å²) >= 11 is 6.84. The Bertz CT molecular complexity index is 613.